The number of rotatable bonds is 3. The fourth-order valence-corrected chi connectivity index (χ4v) is 2.83. The van der Waals surface area contributed by atoms with Crippen LogP contribution in [0.2, 0.25) is 0 Å². The highest BCUT2D eigenvalue weighted by atomic mass is 32.1. The van der Waals surface area contributed by atoms with Gasteiger partial charge in [-0.25, -0.2) is 14.2 Å². The van der Waals surface area contributed by atoms with Crippen molar-refractivity contribution >= 4 is 27.5 Å². The Morgan fingerprint density at radius 2 is 2.14 bits per heavy atom. The molecule has 21 heavy (non-hydrogen) atoms. The minimum atomic E-state index is -1.10. The van der Waals surface area contributed by atoms with Crippen LogP contribution in [0.5, 0.6) is 0 Å². The molecule has 2 N–H and O–H groups in total. The second kappa shape index (κ2) is 5.10. The van der Waals surface area contributed by atoms with Gasteiger partial charge in [0, 0.05) is 6.42 Å². The number of halogens is 1. The molecule has 0 bridgehead atoms. The van der Waals surface area contributed by atoms with E-state index in [9.17, 15) is 14.0 Å². The summed E-state index contributed by atoms with van der Waals surface area (Å²) in [6, 6.07) is 7.57. The van der Waals surface area contributed by atoms with Crippen LogP contribution in [0.4, 0.5) is 4.39 Å². The van der Waals surface area contributed by atoms with Gasteiger partial charge >= 0.3 is 5.97 Å². The van der Waals surface area contributed by atoms with Crippen LogP contribution in [0, 0.1) is 5.82 Å². The Labute approximate surface area is 121 Å². The quantitative estimate of drug-likeness (QED) is 0.778. The molecule has 0 saturated heterocycles. The van der Waals surface area contributed by atoms with Gasteiger partial charge in [-0.05, 0) is 17.7 Å². The molecule has 0 aliphatic rings. The van der Waals surface area contributed by atoms with E-state index >= 15 is 0 Å². The van der Waals surface area contributed by atoms with E-state index in [0.29, 0.717) is 16.9 Å². The maximum Gasteiger partial charge on any atom is 0.345 e. The van der Waals surface area contributed by atoms with Crippen LogP contribution < -0.4 is 5.56 Å². The third-order valence-electron chi connectivity index (χ3n) is 2.96. The average molecular weight is 304 g/mol. The number of hydrogen-bond donors (Lipinski definition) is 2. The van der Waals surface area contributed by atoms with Crippen LogP contribution in [0.25, 0.3) is 10.2 Å². The molecular weight excluding hydrogens is 295 g/mol. The first-order valence-electron chi connectivity index (χ1n) is 6.04. The lowest BCUT2D eigenvalue weighted by Gasteiger charge is -2.02. The molecule has 5 nitrogen and oxygen atoms in total. The lowest BCUT2D eigenvalue weighted by Crippen LogP contribution is -2.11. The van der Waals surface area contributed by atoms with E-state index in [1.54, 1.807) is 18.2 Å². The number of aromatic carboxylic acids is 1. The predicted octanol–water partition coefficient (Wildman–Crippen LogP) is 2.41. The summed E-state index contributed by atoms with van der Waals surface area (Å²) in [4.78, 5) is 29.7. The Balaban J connectivity index is 2.06. The molecular formula is C14H9FN2O3S. The van der Waals surface area contributed by atoms with E-state index in [0.717, 1.165) is 11.3 Å². The first-order chi connectivity index (χ1) is 10.0. The molecule has 0 aliphatic carbocycles. The van der Waals surface area contributed by atoms with Crippen LogP contribution in [-0.2, 0) is 6.42 Å². The Morgan fingerprint density at radius 1 is 1.38 bits per heavy atom. The fraction of sp³-hybridized carbons (Fsp3) is 0.0714. The lowest BCUT2D eigenvalue weighted by atomic mass is 10.1. The predicted molar refractivity (Wildman–Crippen MR) is 76.4 cm³/mol. The molecule has 0 unspecified atom stereocenters. The zero-order valence-electron chi connectivity index (χ0n) is 10.6. The number of fused-ring (bicyclic) bond motifs is 1. The number of carboxylic acids is 1. The van der Waals surface area contributed by atoms with Gasteiger partial charge in [0.2, 0.25) is 0 Å². The molecule has 2 heterocycles. The van der Waals surface area contributed by atoms with Crippen molar-refractivity contribution < 1.29 is 14.3 Å². The number of benzene rings is 1. The van der Waals surface area contributed by atoms with Gasteiger partial charge in [-0.15, -0.1) is 11.3 Å². The van der Waals surface area contributed by atoms with E-state index < -0.39 is 11.5 Å². The van der Waals surface area contributed by atoms with Crippen LogP contribution in [-0.4, -0.2) is 21.0 Å². The van der Waals surface area contributed by atoms with Crippen LogP contribution in [0.3, 0.4) is 0 Å². The van der Waals surface area contributed by atoms with Gasteiger partial charge in [0.05, 0.1) is 5.52 Å². The number of H-pyrrole nitrogens is 1. The third kappa shape index (κ3) is 2.55. The summed E-state index contributed by atoms with van der Waals surface area (Å²) in [7, 11) is 0. The highest BCUT2D eigenvalue weighted by Gasteiger charge is 2.13. The van der Waals surface area contributed by atoms with Gasteiger partial charge in [0.1, 0.15) is 21.2 Å². The number of thiophene rings is 1. The first kappa shape index (κ1) is 13.4. The zero-order chi connectivity index (χ0) is 15.0. The molecule has 2 aromatic heterocycles. The molecule has 0 saturated carbocycles. The van der Waals surface area contributed by atoms with Crippen molar-refractivity contribution in [2.45, 2.75) is 6.42 Å². The van der Waals surface area contributed by atoms with E-state index in [4.69, 9.17) is 5.11 Å². The van der Waals surface area contributed by atoms with E-state index in [1.165, 1.54) is 12.1 Å². The molecule has 0 atom stereocenters. The number of aromatic amines is 1. The number of hydrogen-bond acceptors (Lipinski definition) is 4. The standard InChI is InChI=1S/C14H9FN2O3S/c15-8-4-2-1-3-7(8)5-11-16-9-6-10(14(19)20)21-12(9)13(18)17-11/h1-4,6H,5H2,(H,19,20)(H,16,17,18). The number of carboxylic acid groups (broad SMARTS) is 1. The number of aromatic nitrogens is 2. The van der Waals surface area contributed by atoms with Gasteiger partial charge in [-0.1, -0.05) is 18.2 Å². The monoisotopic (exact) mass is 304 g/mol. The summed E-state index contributed by atoms with van der Waals surface area (Å²) in [5.41, 5.74) is 0.310. The molecule has 0 amide bonds. The van der Waals surface area contributed by atoms with Crippen molar-refractivity contribution in [3.8, 4) is 0 Å². The highest BCUT2D eigenvalue weighted by Crippen LogP contribution is 2.21. The summed E-state index contributed by atoms with van der Waals surface area (Å²) in [6.07, 6.45) is 0.135. The smallest absolute Gasteiger partial charge is 0.345 e. The number of nitrogens with zero attached hydrogens (tertiary/aromatic N) is 1. The second-order valence-electron chi connectivity index (χ2n) is 4.41. The van der Waals surface area contributed by atoms with Gasteiger partial charge in [-0.3, -0.25) is 4.79 Å². The van der Waals surface area contributed by atoms with E-state index in [2.05, 4.69) is 9.97 Å². The fourth-order valence-electron chi connectivity index (χ4n) is 2.00. The first-order valence-corrected chi connectivity index (χ1v) is 6.85. The lowest BCUT2D eigenvalue weighted by molar-refractivity contribution is 0.0702. The zero-order valence-corrected chi connectivity index (χ0v) is 11.4. The van der Waals surface area contributed by atoms with Crippen molar-refractivity contribution in [2.24, 2.45) is 0 Å². The summed E-state index contributed by atoms with van der Waals surface area (Å²) in [6.45, 7) is 0. The summed E-state index contributed by atoms with van der Waals surface area (Å²) in [5.74, 6) is -1.18. The maximum absolute atomic E-state index is 13.6. The van der Waals surface area contributed by atoms with E-state index in [1.807, 2.05) is 0 Å². The molecule has 7 heteroatoms. The van der Waals surface area contributed by atoms with Crippen LogP contribution in [0.1, 0.15) is 21.1 Å². The highest BCUT2D eigenvalue weighted by molar-refractivity contribution is 7.20. The minimum Gasteiger partial charge on any atom is -0.477 e. The van der Waals surface area contributed by atoms with Crippen molar-refractivity contribution in [3.63, 3.8) is 0 Å². The minimum absolute atomic E-state index is 0.0473. The molecule has 3 aromatic rings. The van der Waals surface area contributed by atoms with Gasteiger partial charge < -0.3 is 10.1 Å². The molecule has 3 rings (SSSR count). The molecule has 0 radical (unpaired) electrons. The summed E-state index contributed by atoms with van der Waals surface area (Å²) in [5, 5.41) is 8.94. The van der Waals surface area contributed by atoms with Crippen LogP contribution in [0.15, 0.2) is 35.1 Å². The molecule has 1 aromatic carbocycles. The Hall–Kier alpha value is -2.54. The molecule has 0 aliphatic heterocycles. The maximum atomic E-state index is 13.6. The Bertz CT molecular complexity index is 901. The normalized spacial score (nSPS) is 10.9. The summed E-state index contributed by atoms with van der Waals surface area (Å²) >= 11 is 0.870. The van der Waals surface area contributed by atoms with Crippen molar-refractivity contribution in [3.05, 3.63) is 62.8 Å². The van der Waals surface area contributed by atoms with Crippen LogP contribution >= 0.6 is 11.3 Å². The number of carbonyl (C=O) groups is 1. The molecule has 106 valence electrons. The molecule has 0 fully saturated rings. The Kier molecular flexibility index (Phi) is 3.26. The third-order valence-corrected chi connectivity index (χ3v) is 4.07. The summed E-state index contributed by atoms with van der Waals surface area (Å²) < 4.78 is 13.9. The van der Waals surface area contributed by atoms with Crippen molar-refractivity contribution in [1.82, 2.24) is 9.97 Å². The van der Waals surface area contributed by atoms with Gasteiger partial charge in [-0.2, -0.15) is 0 Å². The SMILES string of the molecule is O=C(O)c1cc2nc(Cc3ccccc3F)[nH]c(=O)c2s1. The average Bonchev–Trinajstić information content (AvgIpc) is 2.86. The van der Waals surface area contributed by atoms with E-state index in [-0.39, 0.29) is 21.8 Å². The van der Waals surface area contributed by atoms with Crippen molar-refractivity contribution in [1.29, 1.82) is 0 Å². The van der Waals surface area contributed by atoms with Crippen molar-refractivity contribution in [2.75, 3.05) is 0 Å². The number of nitrogens with one attached hydrogen (secondary N) is 1. The largest absolute Gasteiger partial charge is 0.477 e. The van der Waals surface area contributed by atoms with Gasteiger partial charge in [0.15, 0.2) is 0 Å². The topological polar surface area (TPSA) is 83.0 Å². The molecule has 0 spiro atoms. The van der Waals surface area contributed by atoms with Gasteiger partial charge in [0.25, 0.3) is 5.56 Å². The Morgan fingerprint density at radius 3 is 2.86 bits per heavy atom. The second-order valence-corrected chi connectivity index (χ2v) is 5.46.